The summed E-state index contributed by atoms with van der Waals surface area (Å²) in [5.41, 5.74) is 3.04. The Morgan fingerprint density at radius 3 is 2.44 bits per heavy atom. The number of carbonyl (C=O) groups is 2. The van der Waals surface area contributed by atoms with E-state index in [1.165, 1.54) is 0 Å². The molecule has 0 bridgehead atoms. The third-order valence-electron chi connectivity index (χ3n) is 5.00. The molecule has 2 aliphatic heterocycles. The van der Waals surface area contributed by atoms with Crippen LogP contribution in [-0.2, 0) is 14.3 Å². The van der Waals surface area contributed by atoms with Crippen molar-refractivity contribution in [2.75, 3.05) is 44.6 Å². The molecular formula is C19H27N3O3. The van der Waals surface area contributed by atoms with Crippen LogP contribution in [0.2, 0.25) is 0 Å². The highest BCUT2D eigenvalue weighted by molar-refractivity contribution is 5.93. The molecular weight excluding hydrogens is 318 g/mol. The van der Waals surface area contributed by atoms with E-state index in [1.807, 2.05) is 36.9 Å². The molecule has 25 heavy (non-hydrogen) atoms. The van der Waals surface area contributed by atoms with E-state index in [1.54, 1.807) is 0 Å². The number of nitrogens with zero attached hydrogens (tertiary/aromatic N) is 2. The van der Waals surface area contributed by atoms with Crippen molar-refractivity contribution in [1.29, 1.82) is 0 Å². The van der Waals surface area contributed by atoms with Crippen molar-refractivity contribution in [3.63, 3.8) is 0 Å². The molecule has 0 saturated carbocycles. The molecule has 2 fully saturated rings. The van der Waals surface area contributed by atoms with Crippen molar-refractivity contribution >= 4 is 17.5 Å². The van der Waals surface area contributed by atoms with Gasteiger partial charge >= 0.3 is 0 Å². The van der Waals surface area contributed by atoms with Crippen LogP contribution in [0.15, 0.2) is 18.2 Å². The fourth-order valence-corrected chi connectivity index (χ4v) is 3.50. The van der Waals surface area contributed by atoms with E-state index in [0.29, 0.717) is 26.2 Å². The van der Waals surface area contributed by atoms with Gasteiger partial charge in [-0.05, 0) is 37.8 Å². The largest absolute Gasteiger partial charge is 0.368 e. The Balaban J connectivity index is 1.47. The quantitative estimate of drug-likeness (QED) is 0.900. The zero-order valence-electron chi connectivity index (χ0n) is 15.1. The Labute approximate surface area is 149 Å². The standard InChI is InChI=1S/C19H27N3O3/c1-14-5-3-6-15(2)18(14)20-17(23)13-21-8-10-22(11-9-21)19(24)16-7-4-12-25-16/h3,5-6,16H,4,7-13H2,1-2H3,(H,20,23)/t16-/m1/s1. The highest BCUT2D eigenvalue weighted by Gasteiger charge is 2.30. The number of piperazine rings is 1. The first kappa shape index (κ1) is 17.9. The molecule has 2 heterocycles. The van der Waals surface area contributed by atoms with E-state index >= 15 is 0 Å². The third kappa shape index (κ3) is 4.38. The predicted molar refractivity (Wildman–Crippen MR) is 96.5 cm³/mol. The average Bonchev–Trinajstić information content (AvgIpc) is 3.13. The summed E-state index contributed by atoms with van der Waals surface area (Å²) < 4.78 is 5.48. The molecule has 2 saturated heterocycles. The first-order valence-corrected chi connectivity index (χ1v) is 9.03. The molecule has 2 amide bonds. The maximum absolute atomic E-state index is 12.4. The number of benzene rings is 1. The minimum Gasteiger partial charge on any atom is -0.368 e. The lowest BCUT2D eigenvalue weighted by Crippen LogP contribution is -2.52. The van der Waals surface area contributed by atoms with Crippen molar-refractivity contribution < 1.29 is 14.3 Å². The van der Waals surface area contributed by atoms with E-state index < -0.39 is 0 Å². The maximum atomic E-state index is 12.4. The smallest absolute Gasteiger partial charge is 0.251 e. The van der Waals surface area contributed by atoms with Crippen molar-refractivity contribution in [3.8, 4) is 0 Å². The summed E-state index contributed by atoms with van der Waals surface area (Å²) in [5, 5.41) is 3.02. The Bertz CT molecular complexity index is 613. The molecule has 0 spiro atoms. The minimum atomic E-state index is -0.251. The highest BCUT2D eigenvalue weighted by Crippen LogP contribution is 2.19. The highest BCUT2D eigenvalue weighted by atomic mass is 16.5. The number of aryl methyl sites for hydroxylation is 2. The monoisotopic (exact) mass is 345 g/mol. The Hall–Kier alpha value is -1.92. The van der Waals surface area contributed by atoms with Crippen molar-refractivity contribution in [1.82, 2.24) is 9.80 Å². The molecule has 0 radical (unpaired) electrons. The van der Waals surface area contributed by atoms with Crippen LogP contribution >= 0.6 is 0 Å². The number of para-hydroxylation sites is 1. The first-order valence-electron chi connectivity index (χ1n) is 9.03. The van der Waals surface area contributed by atoms with Gasteiger partial charge in [0.25, 0.3) is 5.91 Å². The lowest BCUT2D eigenvalue weighted by molar-refractivity contribution is -0.142. The zero-order valence-corrected chi connectivity index (χ0v) is 15.1. The number of anilines is 1. The molecule has 1 aromatic carbocycles. The van der Waals surface area contributed by atoms with Gasteiger partial charge < -0.3 is 15.0 Å². The van der Waals surface area contributed by atoms with Gasteiger partial charge in [-0.25, -0.2) is 0 Å². The molecule has 0 aliphatic carbocycles. The van der Waals surface area contributed by atoms with Crippen LogP contribution in [0, 0.1) is 13.8 Å². The van der Waals surface area contributed by atoms with Gasteiger partial charge in [-0.2, -0.15) is 0 Å². The van der Waals surface area contributed by atoms with Crippen LogP contribution in [0.25, 0.3) is 0 Å². The summed E-state index contributed by atoms with van der Waals surface area (Å²) in [6.45, 7) is 7.81. The van der Waals surface area contributed by atoms with Gasteiger partial charge in [0, 0.05) is 38.5 Å². The molecule has 1 N–H and O–H groups in total. The van der Waals surface area contributed by atoms with Gasteiger partial charge in [-0.15, -0.1) is 0 Å². The van der Waals surface area contributed by atoms with Crippen LogP contribution in [0.5, 0.6) is 0 Å². The second-order valence-corrected chi connectivity index (χ2v) is 6.92. The SMILES string of the molecule is Cc1cccc(C)c1NC(=O)CN1CCN(C(=O)[C@H]2CCCO2)CC1. The van der Waals surface area contributed by atoms with E-state index in [2.05, 4.69) is 10.2 Å². The average molecular weight is 345 g/mol. The van der Waals surface area contributed by atoms with Gasteiger partial charge in [0.1, 0.15) is 6.10 Å². The zero-order chi connectivity index (χ0) is 17.8. The number of rotatable bonds is 4. The van der Waals surface area contributed by atoms with Crippen LogP contribution in [0.3, 0.4) is 0 Å². The van der Waals surface area contributed by atoms with Gasteiger partial charge in [-0.3, -0.25) is 14.5 Å². The molecule has 1 atom stereocenters. The number of carbonyl (C=O) groups excluding carboxylic acids is 2. The van der Waals surface area contributed by atoms with Gasteiger partial charge in [0.05, 0.1) is 6.54 Å². The molecule has 136 valence electrons. The summed E-state index contributed by atoms with van der Waals surface area (Å²) in [7, 11) is 0. The normalized spacial score (nSPS) is 21.4. The summed E-state index contributed by atoms with van der Waals surface area (Å²) >= 11 is 0. The maximum Gasteiger partial charge on any atom is 0.251 e. The van der Waals surface area contributed by atoms with Gasteiger partial charge in [0.15, 0.2) is 0 Å². The summed E-state index contributed by atoms with van der Waals surface area (Å²) in [6.07, 6.45) is 1.55. The Morgan fingerprint density at radius 2 is 1.84 bits per heavy atom. The Kier molecular flexibility index (Phi) is 5.71. The molecule has 0 unspecified atom stereocenters. The molecule has 3 rings (SSSR count). The lowest BCUT2D eigenvalue weighted by atomic mass is 10.1. The summed E-state index contributed by atoms with van der Waals surface area (Å²) in [4.78, 5) is 28.7. The van der Waals surface area contributed by atoms with Crippen molar-refractivity contribution in [3.05, 3.63) is 29.3 Å². The predicted octanol–water partition coefficient (Wildman–Crippen LogP) is 1.57. The topological polar surface area (TPSA) is 61.9 Å². The van der Waals surface area contributed by atoms with Crippen LogP contribution in [0.1, 0.15) is 24.0 Å². The van der Waals surface area contributed by atoms with Crippen molar-refractivity contribution in [2.45, 2.75) is 32.8 Å². The number of ether oxygens (including phenoxy) is 1. The summed E-state index contributed by atoms with van der Waals surface area (Å²) in [6, 6.07) is 5.99. The van der Waals surface area contributed by atoms with E-state index in [0.717, 1.165) is 42.7 Å². The number of hydrogen-bond donors (Lipinski definition) is 1. The molecule has 6 nitrogen and oxygen atoms in total. The third-order valence-corrected chi connectivity index (χ3v) is 5.00. The number of amides is 2. The Morgan fingerprint density at radius 1 is 1.16 bits per heavy atom. The van der Waals surface area contributed by atoms with Crippen LogP contribution < -0.4 is 5.32 Å². The second kappa shape index (κ2) is 7.97. The lowest BCUT2D eigenvalue weighted by Gasteiger charge is -2.35. The molecule has 1 aromatic rings. The van der Waals surface area contributed by atoms with Gasteiger partial charge in [-0.1, -0.05) is 18.2 Å². The van der Waals surface area contributed by atoms with Crippen LogP contribution in [0.4, 0.5) is 5.69 Å². The molecule has 6 heteroatoms. The molecule has 2 aliphatic rings. The van der Waals surface area contributed by atoms with Crippen molar-refractivity contribution in [2.24, 2.45) is 0 Å². The fraction of sp³-hybridized carbons (Fsp3) is 0.579. The molecule has 0 aromatic heterocycles. The number of nitrogens with one attached hydrogen (secondary N) is 1. The van der Waals surface area contributed by atoms with Gasteiger partial charge in [0.2, 0.25) is 5.91 Å². The summed E-state index contributed by atoms with van der Waals surface area (Å²) in [5.74, 6) is 0.105. The van der Waals surface area contributed by atoms with Crippen LogP contribution in [-0.4, -0.2) is 67.0 Å². The fourth-order valence-electron chi connectivity index (χ4n) is 3.50. The second-order valence-electron chi connectivity index (χ2n) is 6.92. The minimum absolute atomic E-state index is 0.00342. The number of hydrogen-bond acceptors (Lipinski definition) is 4. The van der Waals surface area contributed by atoms with E-state index in [9.17, 15) is 9.59 Å². The van der Waals surface area contributed by atoms with E-state index in [4.69, 9.17) is 4.74 Å². The van der Waals surface area contributed by atoms with E-state index in [-0.39, 0.29) is 17.9 Å². The first-order chi connectivity index (χ1) is 12.0.